The fourth-order valence-electron chi connectivity index (χ4n) is 7.25. The summed E-state index contributed by atoms with van der Waals surface area (Å²) in [7, 11) is 3.00. The molecule has 0 radical (unpaired) electrons. The topological polar surface area (TPSA) is 61.3 Å². The molecule has 11 heteroatoms. The van der Waals surface area contributed by atoms with E-state index in [0.29, 0.717) is 44.2 Å². The van der Waals surface area contributed by atoms with Gasteiger partial charge in [-0.15, -0.1) is 0 Å². The molecule has 2 heterocycles. The van der Waals surface area contributed by atoms with E-state index >= 15 is 0 Å². The molecule has 8 rings (SSSR count). The van der Waals surface area contributed by atoms with Gasteiger partial charge in [0.1, 0.15) is 0 Å². The summed E-state index contributed by atoms with van der Waals surface area (Å²) >= 11 is 0. The first-order chi connectivity index (χ1) is 28.4. The zero-order chi connectivity index (χ0) is 41.8. The van der Waals surface area contributed by atoms with E-state index in [0.717, 1.165) is 17.7 Å². The molecule has 59 heavy (non-hydrogen) atoms. The second-order valence-corrected chi connectivity index (χ2v) is 13.3. The van der Waals surface area contributed by atoms with Crippen molar-refractivity contribution >= 4 is 27.6 Å². The van der Waals surface area contributed by atoms with E-state index in [9.17, 15) is 31.1 Å². The summed E-state index contributed by atoms with van der Waals surface area (Å²) in [5, 5.41) is 0.663. The van der Waals surface area contributed by atoms with E-state index < -0.39 is 29.3 Å². The normalized spacial score (nSPS) is 11.9. The summed E-state index contributed by atoms with van der Waals surface area (Å²) in [6.45, 7) is 0. The molecule has 0 saturated carbocycles. The third-order valence-corrected chi connectivity index (χ3v) is 9.89. The number of halogens is 6. The Bertz CT molecular complexity index is 2720. The third-order valence-electron chi connectivity index (χ3n) is 9.89. The van der Waals surface area contributed by atoms with Crippen molar-refractivity contribution in [3.63, 3.8) is 0 Å². The number of nitrogens with zero attached hydrogens (tertiary/aromatic N) is 2. The van der Waals surface area contributed by atoms with Crippen molar-refractivity contribution in [1.29, 1.82) is 0 Å². The molecule has 0 bridgehead atoms. The largest absolute Gasteiger partial charge is 0.418 e. The Morgan fingerprint density at radius 1 is 0.475 bits per heavy atom. The Hall–Kier alpha value is -6.69. The predicted molar refractivity (Wildman–Crippen MR) is 215 cm³/mol. The van der Waals surface area contributed by atoms with Crippen LogP contribution in [0.4, 0.5) is 26.3 Å². The summed E-state index contributed by atoms with van der Waals surface area (Å²) in [5.41, 5.74) is 2.46. The van der Waals surface area contributed by atoms with Crippen LogP contribution in [0.1, 0.15) is 38.2 Å². The molecule has 5 nitrogen and oxygen atoms in total. The Labute approximate surface area is 335 Å². The van der Waals surface area contributed by atoms with E-state index in [1.807, 2.05) is 66.7 Å². The standard InChI is InChI=1S/C25H20F3NO2.C23H14F3NO/c1-30-24(31-2,18-12-7-4-8-13-18)21-16-29-23-19(14-9-15-20(23)25(26,27)28)22(21)17-10-5-3-6-11-17;24-23(25,26)19-13-7-12-17-20(15-8-3-1-4-9-15)18(14-27-21(17)19)22(28)16-10-5-2-6-11-16/h3-16H,1-2H3;1-14H. The van der Waals surface area contributed by atoms with Crippen LogP contribution in [0, 0.1) is 0 Å². The molecule has 0 saturated heterocycles. The minimum atomic E-state index is -4.54. The average molecular weight is 801 g/mol. The SMILES string of the molecule is COC(OC)(c1ccccc1)c1cnc2c(C(F)(F)F)cccc2c1-c1ccccc1.O=C(c1ccccc1)c1cnc2c(C(F)(F)F)cccc2c1-c1ccccc1. The van der Waals surface area contributed by atoms with Crippen LogP contribution in [0.15, 0.2) is 170 Å². The molecule has 0 aliphatic carbocycles. The number of hydrogen-bond acceptors (Lipinski definition) is 5. The molecule has 6 aromatic carbocycles. The van der Waals surface area contributed by atoms with Gasteiger partial charge in [0.15, 0.2) is 5.78 Å². The number of rotatable bonds is 8. The van der Waals surface area contributed by atoms with Crippen molar-refractivity contribution in [1.82, 2.24) is 9.97 Å². The second-order valence-electron chi connectivity index (χ2n) is 13.3. The highest BCUT2D eigenvalue weighted by atomic mass is 19.4. The number of pyridine rings is 2. The van der Waals surface area contributed by atoms with Crippen molar-refractivity contribution in [2.24, 2.45) is 0 Å². The zero-order valence-electron chi connectivity index (χ0n) is 31.6. The molecule has 0 aliphatic rings. The number of aromatic nitrogens is 2. The van der Waals surface area contributed by atoms with Crippen LogP contribution in [-0.2, 0) is 27.6 Å². The van der Waals surface area contributed by atoms with Gasteiger partial charge in [-0.05, 0) is 23.3 Å². The summed E-state index contributed by atoms with van der Waals surface area (Å²) in [5.74, 6) is -1.65. The summed E-state index contributed by atoms with van der Waals surface area (Å²) in [6.07, 6.45) is -6.40. The highest BCUT2D eigenvalue weighted by Crippen LogP contribution is 2.45. The lowest BCUT2D eigenvalue weighted by Gasteiger charge is -2.33. The first kappa shape index (κ1) is 40.5. The second kappa shape index (κ2) is 16.7. The number of methoxy groups -OCH3 is 2. The Kier molecular flexibility index (Phi) is 11.4. The summed E-state index contributed by atoms with van der Waals surface area (Å²) in [4.78, 5) is 21.4. The number of carbonyl (C=O) groups is 1. The van der Waals surface area contributed by atoms with E-state index in [4.69, 9.17) is 9.47 Å². The molecule has 0 unspecified atom stereocenters. The maximum Gasteiger partial charge on any atom is 0.418 e. The van der Waals surface area contributed by atoms with E-state index in [-0.39, 0.29) is 22.4 Å². The van der Waals surface area contributed by atoms with Crippen molar-refractivity contribution in [3.8, 4) is 22.3 Å². The van der Waals surface area contributed by atoms with Gasteiger partial charge in [0, 0.05) is 70.8 Å². The van der Waals surface area contributed by atoms with Gasteiger partial charge in [-0.25, -0.2) is 0 Å². The van der Waals surface area contributed by atoms with Gasteiger partial charge in [0.05, 0.1) is 22.2 Å². The molecule has 8 aromatic rings. The predicted octanol–water partition coefficient (Wildman–Crippen LogP) is 12.6. The lowest BCUT2D eigenvalue weighted by Crippen LogP contribution is -2.33. The fraction of sp³-hybridized carbons (Fsp3) is 0.104. The lowest BCUT2D eigenvalue weighted by molar-refractivity contribution is -0.183. The molecule has 0 fully saturated rings. The minimum absolute atomic E-state index is 0.119. The number of carbonyl (C=O) groups excluding carboxylic acids is 1. The van der Waals surface area contributed by atoms with Crippen LogP contribution in [0.2, 0.25) is 0 Å². The number of ketones is 1. The Morgan fingerprint density at radius 3 is 1.37 bits per heavy atom. The van der Waals surface area contributed by atoms with Crippen LogP contribution in [0.3, 0.4) is 0 Å². The smallest absolute Gasteiger partial charge is 0.345 e. The van der Waals surface area contributed by atoms with Crippen LogP contribution in [-0.4, -0.2) is 30.0 Å². The molecule has 0 amide bonds. The van der Waals surface area contributed by atoms with E-state index in [1.165, 1.54) is 38.7 Å². The van der Waals surface area contributed by atoms with Crippen molar-refractivity contribution < 1.29 is 40.6 Å². The quantitative estimate of drug-likeness (QED) is 0.0870. The van der Waals surface area contributed by atoms with Crippen LogP contribution in [0.25, 0.3) is 44.1 Å². The number of ether oxygens (including phenoxy) is 2. The van der Waals surface area contributed by atoms with E-state index in [1.54, 1.807) is 66.7 Å². The molecule has 296 valence electrons. The molecule has 0 N–H and O–H groups in total. The first-order valence-corrected chi connectivity index (χ1v) is 18.2. The number of hydrogen-bond donors (Lipinski definition) is 0. The molecule has 2 aromatic heterocycles. The van der Waals surface area contributed by atoms with Gasteiger partial charge in [0.2, 0.25) is 5.79 Å². The highest BCUT2D eigenvalue weighted by molar-refractivity contribution is 6.16. The fourth-order valence-corrected chi connectivity index (χ4v) is 7.25. The maximum absolute atomic E-state index is 13.7. The van der Waals surface area contributed by atoms with Gasteiger partial charge in [-0.3, -0.25) is 14.8 Å². The van der Waals surface area contributed by atoms with Gasteiger partial charge >= 0.3 is 12.4 Å². The van der Waals surface area contributed by atoms with Gasteiger partial charge in [-0.2, -0.15) is 26.3 Å². The van der Waals surface area contributed by atoms with Crippen LogP contribution in [0.5, 0.6) is 0 Å². The monoisotopic (exact) mass is 800 g/mol. The summed E-state index contributed by atoms with van der Waals surface area (Å²) in [6, 6.07) is 44.0. The van der Waals surface area contributed by atoms with Gasteiger partial charge in [0.25, 0.3) is 0 Å². The average Bonchev–Trinajstić information content (AvgIpc) is 3.26. The van der Waals surface area contributed by atoms with Crippen LogP contribution < -0.4 is 0 Å². The molecular weight excluding hydrogens is 767 g/mol. The molecular formula is C48H34F6N2O3. The number of para-hydroxylation sites is 2. The number of alkyl halides is 6. The number of fused-ring (bicyclic) bond motifs is 2. The van der Waals surface area contributed by atoms with Crippen LogP contribution >= 0.6 is 0 Å². The number of benzene rings is 6. The molecule has 0 spiro atoms. The first-order valence-electron chi connectivity index (χ1n) is 18.2. The van der Waals surface area contributed by atoms with Gasteiger partial charge in [-0.1, -0.05) is 146 Å². The van der Waals surface area contributed by atoms with Crippen molar-refractivity contribution in [3.05, 3.63) is 203 Å². The Balaban J connectivity index is 0.000000180. The Morgan fingerprint density at radius 2 is 0.898 bits per heavy atom. The molecule has 0 aliphatic heterocycles. The van der Waals surface area contributed by atoms with Gasteiger partial charge < -0.3 is 9.47 Å². The van der Waals surface area contributed by atoms with E-state index in [2.05, 4.69) is 9.97 Å². The maximum atomic E-state index is 13.7. The highest BCUT2D eigenvalue weighted by Gasteiger charge is 2.40. The third kappa shape index (κ3) is 7.95. The van der Waals surface area contributed by atoms with Crippen molar-refractivity contribution in [2.45, 2.75) is 18.1 Å². The summed E-state index contributed by atoms with van der Waals surface area (Å²) < 4.78 is 93.3. The lowest BCUT2D eigenvalue weighted by atomic mass is 9.88. The molecule has 0 atom stereocenters. The van der Waals surface area contributed by atoms with Crippen molar-refractivity contribution in [2.75, 3.05) is 14.2 Å². The zero-order valence-corrected chi connectivity index (χ0v) is 31.6. The minimum Gasteiger partial charge on any atom is -0.345 e.